The van der Waals surface area contributed by atoms with Crippen molar-refractivity contribution in [3.8, 4) is 5.75 Å². The highest BCUT2D eigenvalue weighted by atomic mass is 16.5. The van der Waals surface area contributed by atoms with E-state index < -0.39 is 0 Å². The van der Waals surface area contributed by atoms with E-state index in [9.17, 15) is 4.79 Å². The van der Waals surface area contributed by atoms with Gasteiger partial charge in [-0.2, -0.15) is 0 Å². The van der Waals surface area contributed by atoms with Crippen molar-refractivity contribution in [2.24, 2.45) is 0 Å². The predicted octanol–water partition coefficient (Wildman–Crippen LogP) is 3.29. The number of amides is 1. The Morgan fingerprint density at radius 3 is 2.64 bits per heavy atom. The van der Waals surface area contributed by atoms with Crippen molar-refractivity contribution in [3.05, 3.63) is 53.7 Å². The van der Waals surface area contributed by atoms with E-state index in [0.717, 1.165) is 53.8 Å². The number of carbonyl (C=O) groups excluding carboxylic acids is 1. The van der Waals surface area contributed by atoms with Gasteiger partial charge in [-0.05, 0) is 68.8 Å². The number of ether oxygens (including phenoxy) is 2. The highest BCUT2D eigenvalue weighted by Gasteiger charge is 2.19. The highest BCUT2D eigenvalue weighted by molar-refractivity contribution is 5.94. The summed E-state index contributed by atoms with van der Waals surface area (Å²) in [5.41, 5.74) is 3.40. The molecule has 0 radical (unpaired) electrons. The minimum Gasteiger partial charge on any atom is -0.488 e. The molecule has 2 aliphatic heterocycles. The number of aryl methyl sites for hydroxylation is 1. The van der Waals surface area contributed by atoms with Gasteiger partial charge in [0.15, 0.2) is 0 Å². The first-order valence-electron chi connectivity index (χ1n) is 11.6. The molecule has 2 N–H and O–H groups in total. The van der Waals surface area contributed by atoms with Crippen molar-refractivity contribution >= 4 is 28.4 Å². The van der Waals surface area contributed by atoms with Crippen molar-refractivity contribution in [1.82, 2.24) is 20.2 Å². The minimum absolute atomic E-state index is 0.0296. The van der Waals surface area contributed by atoms with Crippen LogP contribution in [0.2, 0.25) is 0 Å². The monoisotopic (exact) mass is 447 g/mol. The molecule has 2 saturated heterocycles. The highest BCUT2D eigenvalue weighted by Crippen LogP contribution is 2.29. The summed E-state index contributed by atoms with van der Waals surface area (Å²) in [6.45, 7) is 6.44. The first-order chi connectivity index (χ1) is 16.2. The topological polar surface area (TPSA) is 88.6 Å². The lowest BCUT2D eigenvalue weighted by atomic mass is 10.1. The molecule has 8 nitrogen and oxygen atoms in total. The van der Waals surface area contributed by atoms with Gasteiger partial charge < -0.3 is 25.0 Å². The van der Waals surface area contributed by atoms with Crippen LogP contribution >= 0.6 is 0 Å². The molecule has 2 fully saturated rings. The molecular weight excluding hydrogens is 418 g/mol. The molecule has 3 heterocycles. The van der Waals surface area contributed by atoms with Crippen molar-refractivity contribution in [2.75, 3.05) is 44.7 Å². The van der Waals surface area contributed by atoms with Gasteiger partial charge in [-0.25, -0.2) is 9.97 Å². The molecular formula is C25H29N5O3. The van der Waals surface area contributed by atoms with Gasteiger partial charge in [0, 0.05) is 35.9 Å². The third kappa shape index (κ3) is 4.91. The van der Waals surface area contributed by atoms with Crippen LogP contribution in [0.5, 0.6) is 5.75 Å². The molecule has 8 heteroatoms. The lowest BCUT2D eigenvalue weighted by Crippen LogP contribution is -2.40. The van der Waals surface area contributed by atoms with E-state index in [-0.39, 0.29) is 12.0 Å². The van der Waals surface area contributed by atoms with E-state index in [1.54, 1.807) is 0 Å². The van der Waals surface area contributed by atoms with Crippen LogP contribution in [0.4, 0.5) is 11.6 Å². The summed E-state index contributed by atoms with van der Waals surface area (Å²) in [7, 11) is 0. The van der Waals surface area contributed by atoms with Crippen LogP contribution in [0.1, 0.15) is 28.8 Å². The Morgan fingerprint density at radius 1 is 1.12 bits per heavy atom. The normalized spacial score (nSPS) is 17.2. The van der Waals surface area contributed by atoms with Gasteiger partial charge >= 0.3 is 0 Å². The van der Waals surface area contributed by atoms with Gasteiger partial charge in [-0.1, -0.05) is 6.07 Å². The fourth-order valence-corrected chi connectivity index (χ4v) is 4.25. The number of carbonyl (C=O) groups is 1. The number of anilines is 2. The SMILES string of the molecule is Cc1ccc(OC2CCNCC2)c2nc(Nc3ccc(C(=O)N4CCOCC4)cc3)ncc12. The van der Waals surface area contributed by atoms with E-state index in [1.807, 2.05) is 41.4 Å². The molecule has 0 saturated carbocycles. The molecule has 0 bridgehead atoms. The second kappa shape index (κ2) is 9.72. The summed E-state index contributed by atoms with van der Waals surface area (Å²) < 4.78 is 11.6. The van der Waals surface area contributed by atoms with Gasteiger partial charge in [-0.3, -0.25) is 4.79 Å². The standard InChI is InChI=1S/C25H29N5O3/c1-17-2-7-22(33-20-8-10-26-11-9-20)23-21(17)16-27-25(29-23)28-19-5-3-18(4-6-19)24(31)30-12-14-32-15-13-30/h2-7,16,20,26H,8-15H2,1H3,(H,27,28,29). The van der Waals surface area contributed by atoms with Crippen molar-refractivity contribution in [1.29, 1.82) is 0 Å². The fourth-order valence-electron chi connectivity index (χ4n) is 4.25. The molecule has 5 rings (SSSR count). The second-order valence-corrected chi connectivity index (χ2v) is 8.51. The zero-order valence-electron chi connectivity index (χ0n) is 18.8. The van der Waals surface area contributed by atoms with E-state index in [1.165, 1.54) is 0 Å². The maximum absolute atomic E-state index is 12.7. The maximum atomic E-state index is 12.7. The van der Waals surface area contributed by atoms with Gasteiger partial charge in [-0.15, -0.1) is 0 Å². The average molecular weight is 448 g/mol. The smallest absolute Gasteiger partial charge is 0.254 e. The largest absolute Gasteiger partial charge is 0.488 e. The molecule has 172 valence electrons. The molecule has 0 unspecified atom stereocenters. The zero-order valence-corrected chi connectivity index (χ0v) is 18.8. The zero-order chi connectivity index (χ0) is 22.6. The van der Waals surface area contributed by atoms with E-state index in [0.29, 0.717) is 37.8 Å². The summed E-state index contributed by atoms with van der Waals surface area (Å²) >= 11 is 0. The molecule has 1 amide bonds. The number of hydrogen-bond acceptors (Lipinski definition) is 7. The number of piperidine rings is 1. The summed E-state index contributed by atoms with van der Waals surface area (Å²) in [5.74, 6) is 1.32. The quantitative estimate of drug-likeness (QED) is 0.620. The van der Waals surface area contributed by atoms with Gasteiger partial charge in [0.25, 0.3) is 5.91 Å². The average Bonchev–Trinajstić information content (AvgIpc) is 2.87. The molecule has 3 aromatic rings. The number of benzene rings is 2. The number of nitrogens with zero attached hydrogens (tertiary/aromatic N) is 3. The number of fused-ring (bicyclic) bond motifs is 1. The second-order valence-electron chi connectivity index (χ2n) is 8.51. The Morgan fingerprint density at radius 2 is 1.88 bits per heavy atom. The van der Waals surface area contributed by atoms with Crippen LogP contribution < -0.4 is 15.4 Å². The Bertz CT molecular complexity index is 1120. The molecule has 33 heavy (non-hydrogen) atoms. The van der Waals surface area contributed by atoms with Gasteiger partial charge in [0.1, 0.15) is 17.4 Å². The predicted molar refractivity (Wildman–Crippen MR) is 127 cm³/mol. The van der Waals surface area contributed by atoms with Gasteiger partial charge in [0.05, 0.1) is 13.2 Å². The Hall–Kier alpha value is -3.23. The molecule has 2 aliphatic rings. The molecule has 1 aromatic heterocycles. The Balaban J connectivity index is 1.34. The van der Waals surface area contributed by atoms with Crippen LogP contribution in [0.15, 0.2) is 42.6 Å². The van der Waals surface area contributed by atoms with Crippen LogP contribution in [0.25, 0.3) is 10.9 Å². The maximum Gasteiger partial charge on any atom is 0.254 e. The Labute approximate surface area is 193 Å². The molecule has 0 aliphatic carbocycles. The third-order valence-electron chi connectivity index (χ3n) is 6.20. The van der Waals surface area contributed by atoms with Crippen LogP contribution in [0, 0.1) is 6.92 Å². The molecule has 0 spiro atoms. The summed E-state index contributed by atoms with van der Waals surface area (Å²) in [6.07, 6.45) is 4.01. The van der Waals surface area contributed by atoms with Gasteiger partial charge in [0.2, 0.25) is 5.95 Å². The van der Waals surface area contributed by atoms with Crippen molar-refractivity contribution in [3.63, 3.8) is 0 Å². The summed E-state index contributed by atoms with van der Waals surface area (Å²) in [4.78, 5) is 23.8. The van der Waals surface area contributed by atoms with E-state index >= 15 is 0 Å². The third-order valence-corrected chi connectivity index (χ3v) is 6.20. The number of nitrogens with one attached hydrogen (secondary N) is 2. The minimum atomic E-state index is 0.0296. The van der Waals surface area contributed by atoms with E-state index in [2.05, 4.69) is 28.6 Å². The molecule has 2 aromatic carbocycles. The number of hydrogen-bond donors (Lipinski definition) is 2. The number of aromatic nitrogens is 2. The number of rotatable bonds is 5. The summed E-state index contributed by atoms with van der Waals surface area (Å²) in [6, 6.07) is 11.5. The lowest BCUT2D eigenvalue weighted by molar-refractivity contribution is 0.0303. The van der Waals surface area contributed by atoms with Crippen molar-refractivity contribution < 1.29 is 14.3 Å². The first kappa shape index (κ1) is 21.6. The first-order valence-corrected chi connectivity index (χ1v) is 11.6. The fraction of sp³-hybridized carbons (Fsp3) is 0.400. The van der Waals surface area contributed by atoms with E-state index in [4.69, 9.17) is 14.5 Å². The van der Waals surface area contributed by atoms with Crippen LogP contribution in [-0.2, 0) is 4.74 Å². The van der Waals surface area contributed by atoms with Crippen molar-refractivity contribution in [2.45, 2.75) is 25.9 Å². The summed E-state index contributed by atoms with van der Waals surface area (Å²) in [5, 5.41) is 7.61. The number of morpholine rings is 1. The molecule has 0 atom stereocenters. The van der Waals surface area contributed by atoms with Crippen LogP contribution in [0.3, 0.4) is 0 Å². The lowest BCUT2D eigenvalue weighted by Gasteiger charge is -2.26. The Kier molecular flexibility index (Phi) is 6.37. The van der Waals surface area contributed by atoms with Crippen LogP contribution in [-0.4, -0.2) is 66.3 Å².